The van der Waals surface area contributed by atoms with Crippen LogP contribution in [0.15, 0.2) is 83.7 Å². The molecule has 3 aromatic carbocycles. The maximum Gasteiger partial charge on any atom is 0.283 e. The highest BCUT2D eigenvalue weighted by Crippen LogP contribution is 2.20. The van der Waals surface area contributed by atoms with E-state index in [1.165, 1.54) is 4.52 Å². The molecule has 0 N–H and O–H groups in total. The third kappa shape index (κ3) is 3.13. The van der Waals surface area contributed by atoms with Gasteiger partial charge in [0.25, 0.3) is 5.56 Å². The Bertz CT molecular complexity index is 1380. The Morgan fingerprint density at radius 2 is 1.62 bits per heavy atom. The van der Waals surface area contributed by atoms with Crippen molar-refractivity contribution in [2.75, 3.05) is 0 Å². The molecule has 0 radical (unpaired) electrons. The van der Waals surface area contributed by atoms with Crippen molar-refractivity contribution in [1.29, 1.82) is 0 Å². The number of ether oxygens (including phenoxy) is 1. The number of hydrogen-bond acceptors (Lipinski definition) is 4. The minimum Gasteiger partial charge on any atom is -0.486 e. The molecule has 0 aliphatic rings. The average Bonchev–Trinajstić information content (AvgIpc) is 3.13. The van der Waals surface area contributed by atoms with Gasteiger partial charge in [0.2, 0.25) is 5.78 Å². The molecule has 5 rings (SSSR count). The predicted octanol–water partition coefficient (Wildman–Crippen LogP) is 4.27. The topological polar surface area (TPSA) is 61.4 Å². The Labute approximate surface area is 170 Å². The van der Waals surface area contributed by atoms with E-state index in [0.717, 1.165) is 5.69 Å². The Morgan fingerprint density at radius 3 is 2.41 bits per heavy atom. The number of halogens is 1. The highest BCUT2D eigenvalue weighted by molar-refractivity contribution is 6.30. The summed E-state index contributed by atoms with van der Waals surface area (Å²) in [6.45, 7) is 0.162. The van der Waals surface area contributed by atoms with Crippen LogP contribution in [0.25, 0.3) is 22.4 Å². The molecule has 0 atom stereocenters. The Balaban J connectivity index is 1.69. The van der Waals surface area contributed by atoms with Crippen LogP contribution in [0, 0.1) is 0 Å². The monoisotopic (exact) mass is 402 g/mol. The van der Waals surface area contributed by atoms with E-state index in [0.29, 0.717) is 33.3 Å². The van der Waals surface area contributed by atoms with E-state index in [1.54, 1.807) is 30.3 Å². The molecule has 0 saturated carbocycles. The summed E-state index contributed by atoms with van der Waals surface area (Å²) in [6, 6.07) is 24.0. The van der Waals surface area contributed by atoms with Crippen molar-refractivity contribution in [3.8, 4) is 11.4 Å². The first kappa shape index (κ1) is 17.5. The first-order valence-electron chi connectivity index (χ1n) is 9.04. The van der Waals surface area contributed by atoms with Crippen LogP contribution in [0.5, 0.6) is 5.75 Å². The summed E-state index contributed by atoms with van der Waals surface area (Å²) in [5.74, 6) is 1.66. The summed E-state index contributed by atoms with van der Waals surface area (Å²) in [4.78, 5) is 17.7. The van der Waals surface area contributed by atoms with Crippen LogP contribution in [-0.2, 0) is 6.61 Å². The minimum atomic E-state index is -0.215. The van der Waals surface area contributed by atoms with Crippen molar-refractivity contribution >= 4 is 28.3 Å². The van der Waals surface area contributed by atoms with E-state index in [-0.39, 0.29) is 12.2 Å². The molecular weight excluding hydrogens is 388 g/mol. The summed E-state index contributed by atoms with van der Waals surface area (Å²) >= 11 is 5.94. The van der Waals surface area contributed by atoms with Crippen LogP contribution in [0.4, 0.5) is 0 Å². The molecule has 0 unspecified atom stereocenters. The van der Waals surface area contributed by atoms with E-state index in [4.69, 9.17) is 21.3 Å². The van der Waals surface area contributed by atoms with Gasteiger partial charge in [-0.15, -0.1) is 5.10 Å². The molecular formula is C22H15ClN4O2. The van der Waals surface area contributed by atoms with E-state index in [1.807, 2.05) is 53.1 Å². The number of benzene rings is 3. The van der Waals surface area contributed by atoms with Crippen molar-refractivity contribution in [1.82, 2.24) is 19.2 Å². The highest BCUT2D eigenvalue weighted by Gasteiger charge is 2.17. The van der Waals surface area contributed by atoms with Crippen LogP contribution in [-0.4, -0.2) is 19.2 Å². The lowest BCUT2D eigenvalue weighted by Crippen LogP contribution is -2.16. The largest absolute Gasteiger partial charge is 0.486 e. The fourth-order valence-electron chi connectivity index (χ4n) is 3.24. The van der Waals surface area contributed by atoms with Crippen molar-refractivity contribution in [2.45, 2.75) is 6.61 Å². The first-order chi connectivity index (χ1) is 14.2. The molecule has 6 nitrogen and oxygen atoms in total. The van der Waals surface area contributed by atoms with E-state index < -0.39 is 0 Å². The van der Waals surface area contributed by atoms with Gasteiger partial charge in [-0.05, 0) is 48.5 Å². The van der Waals surface area contributed by atoms with Crippen molar-refractivity contribution < 1.29 is 4.74 Å². The lowest BCUT2D eigenvalue weighted by Gasteiger charge is -2.09. The summed E-state index contributed by atoms with van der Waals surface area (Å²) in [6.07, 6.45) is 0. The molecule has 0 amide bonds. The van der Waals surface area contributed by atoms with Gasteiger partial charge >= 0.3 is 0 Å². The Morgan fingerprint density at radius 1 is 0.897 bits per heavy atom. The number of rotatable bonds is 4. The van der Waals surface area contributed by atoms with Gasteiger partial charge in [-0.1, -0.05) is 41.9 Å². The second kappa shape index (κ2) is 7.07. The van der Waals surface area contributed by atoms with Crippen molar-refractivity contribution in [3.05, 3.63) is 100 Å². The highest BCUT2D eigenvalue weighted by atomic mass is 35.5. The first-order valence-corrected chi connectivity index (χ1v) is 9.42. The van der Waals surface area contributed by atoms with Gasteiger partial charge in [-0.3, -0.25) is 9.36 Å². The number of nitrogens with zero attached hydrogens (tertiary/aromatic N) is 4. The quantitative estimate of drug-likeness (QED) is 0.450. The average molecular weight is 403 g/mol. The summed E-state index contributed by atoms with van der Waals surface area (Å²) in [5.41, 5.74) is 1.26. The molecule has 0 bridgehead atoms. The Kier molecular flexibility index (Phi) is 4.26. The van der Waals surface area contributed by atoms with Crippen molar-refractivity contribution in [2.24, 2.45) is 0 Å². The standard InChI is InChI=1S/C22H15ClN4O2/c23-15-10-12-17(13-11-15)29-14-20-25-27-21(28)18-8-4-5-9-19(18)24-22(27)26(20)16-6-2-1-3-7-16/h1-13H,14H2. The lowest BCUT2D eigenvalue weighted by molar-refractivity contribution is 0.293. The number of hydrogen-bond donors (Lipinski definition) is 0. The summed E-state index contributed by atoms with van der Waals surface area (Å²) in [5, 5.41) is 5.68. The van der Waals surface area contributed by atoms with Gasteiger partial charge in [0.15, 0.2) is 5.82 Å². The number of aromatic nitrogens is 4. The van der Waals surface area contributed by atoms with Crippen LogP contribution < -0.4 is 10.3 Å². The molecule has 0 saturated heterocycles. The summed E-state index contributed by atoms with van der Waals surface area (Å²) < 4.78 is 9.06. The predicted molar refractivity (Wildman–Crippen MR) is 112 cm³/mol. The van der Waals surface area contributed by atoms with Gasteiger partial charge in [-0.2, -0.15) is 4.52 Å². The zero-order chi connectivity index (χ0) is 19.8. The summed E-state index contributed by atoms with van der Waals surface area (Å²) in [7, 11) is 0. The maximum atomic E-state index is 13.0. The molecule has 5 aromatic rings. The molecule has 0 aliphatic heterocycles. The SMILES string of the molecule is O=c1c2ccccc2nc2n(-c3ccccc3)c(COc3ccc(Cl)cc3)nn12. The third-order valence-electron chi connectivity index (χ3n) is 4.61. The van der Waals surface area contributed by atoms with Crippen molar-refractivity contribution in [3.63, 3.8) is 0 Å². The zero-order valence-electron chi connectivity index (χ0n) is 15.2. The molecule has 0 spiro atoms. The normalized spacial score (nSPS) is 11.2. The molecule has 7 heteroatoms. The van der Waals surface area contributed by atoms with Gasteiger partial charge in [0.05, 0.1) is 16.6 Å². The van der Waals surface area contributed by atoms with E-state index in [2.05, 4.69) is 5.10 Å². The van der Waals surface area contributed by atoms with Gasteiger partial charge in [0, 0.05) is 5.02 Å². The van der Waals surface area contributed by atoms with Crippen LogP contribution in [0.1, 0.15) is 5.82 Å². The fraction of sp³-hybridized carbons (Fsp3) is 0.0455. The van der Waals surface area contributed by atoms with Crippen LogP contribution >= 0.6 is 11.6 Å². The second-order valence-electron chi connectivity index (χ2n) is 6.48. The number of fused-ring (bicyclic) bond motifs is 2. The fourth-order valence-corrected chi connectivity index (χ4v) is 3.36. The molecule has 142 valence electrons. The Hall–Kier alpha value is -3.64. The lowest BCUT2D eigenvalue weighted by atomic mass is 10.2. The van der Waals surface area contributed by atoms with E-state index in [9.17, 15) is 4.79 Å². The van der Waals surface area contributed by atoms with Gasteiger partial charge in [0.1, 0.15) is 12.4 Å². The molecule has 0 fully saturated rings. The van der Waals surface area contributed by atoms with Crippen LogP contribution in [0.2, 0.25) is 5.02 Å². The van der Waals surface area contributed by atoms with Crippen LogP contribution in [0.3, 0.4) is 0 Å². The van der Waals surface area contributed by atoms with E-state index >= 15 is 0 Å². The maximum absolute atomic E-state index is 13.0. The smallest absolute Gasteiger partial charge is 0.283 e. The third-order valence-corrected chi connectivity index (χ3v) is 4.86. The van der Waals surface area contributed by atoms with Gasteiger partial charge < -0.3 is 4.74 Å². The molecule has 29 heavy (non-hydrogen) atoms. The minimum absolute atomic E-state index is 0.162. The molecule has 2 heterocycles. The molecule has 0 aliphatic carbocycles. The zero-order valence-corrected chi connectivity index (χ0v) is 16.0. The van der Waals surface area contributed by atoms with Gasteiger partial charge in [-0.25, -0.2) is 4.98 Å². The number of para-hydroxylation sites is 2. The second-order valence-corrected chi connectivity index (χ2v) is 6.91. The molecule has 2 aromatic heterocycles.